The summed E-state index contributed by atoms with van der Waals surface area (Å²) in [6.45, 7) is 5.96. The number of allylic oxidation sites excluding steroid dienone is 2. The van der Waals surface area contributed by atoms with E-state index >= 15 is 0 Å². The topological polar surface area (TPSA) is 17.1 Å². The van der Waals surface area contributed by atoms with E-state index in [1.807, 2.05) is 32.9 Å². The van der Waals surface area contributed by atoms with Crippen LogP contribution in [0.1, 0.15) is 23.6 Å². The van der Waals surface area contributed by atoms with Gasteiger partial charge in [-0.15, -0.1) is 0 Å². The standard InChI is InChI=1S/C12H13ClO/c1-8-4-5-11(9(2)6-8)10(3)7-12(13)14/h4-7H,1-3H3/b10-7-. The molecule has 1 nitrogen and oxygen atoms in total. The number of hydrogen-bond acceptors (Lipinski definition) is 1. The van der Waals surface area contributed by atoms with Crippen molar-refractivity contribution in [1.82, 2.24) is 0 Å². The first-order valence-electron chi connectivity index (χ1n) is 4.46. The molecule has 0 spiro atoms. The molecule has 1 rings (SSSR count). The third-order valence-electron chi connectivity index (χ3n) is 2.14. The Morgan fingerprint density at radius 2 is 2.00 bits per heavy atom. The highest BCUT2D eigenvalue weighted by molar-refractivity contribution is 6.67. The van der Waals surface area contributed by atoms with E-state index in [4.69, 9.17) is 11.6 Å². The van der Waals surface area contributed by atoms with E-state index in [2.05, 4.69) is 6.07 Å². The average Bonchev–Trinajstić information content (AvgIpc) is 2.01. The van der Waals surface area contributed by atoms with Gasteiger partial charge in [-0.25, -0.2) is 0 Å². The number of carbonyl (C=O) groups excluding carboxylic acids is 1. The lowest BCUT2D eigenvalue weighted by Gasteiger charge is -2.06. The second kappa shape index (κ2) is 4.43. The first-order valence-corrected chi connectivity index (χ1v) is 4.84. The molecule has 0 heterocycles. The monoisotopic (exact) mass is 208 g/mol. The van der Waals surface area contributed by atoms with Crippen LogP contribution in [0.2, 0.25) is 0 Å². The number of rotatable bonds is 2. The van der Waals surface area contributed by atoms with Crippen LogP contribution in [0.15, 0.2) is 24.3 Å². The highest BCUT2D eigenvalue weighted by atomic mass is 35.5. The van der Waals surface area contributed by atoms with Crippen molar-refractivity contribution in [2.45, 2.75) is 20.8 Å². The largest absolute Gasteiger partial charge is 0.276 e. The molecular weight excluding hydrogens is 196 g/mol. The summed E-state index contributed by atoms with van der Waals surface area (Å²) in [5.41, 5.74) is 4.36. The average molecular weight is 209 g/mol. The van der Waals surface area contributed by atoms with Gasteiger partial charge in [0.1, 0.15) is 0 Å². The summed E-state index contributed by atoms with van der Waals surface area (Å²) in [5, 5.41) is -0.428. The molecule has 0 amide bonds. The molecule has 0 saturated carbocycles. The van der Waals surface area contributed by atoms with Crippen LogP contribution in [0, 0.1) is 13.8 Å². The Bertz CT molecular complexity index is 391. The predicted molar refractivity (Wildman–Crippen MR) is 60.4 cm³/mol. The van der Waals surface area contributed by atoms with Crippen LogP contribution in [0.25, 0.3) is 5.57 Å². The number of carbonyl (C=O) groups is 1. The summed E-state index contributed by atoms with van der Waals surface area (Å²) in [4.78, 5) is 10.7. The quantitative estimate of drug-likeness (QED) is 0.537. The van der Waals surface area contributed by atoms with Crippen molar-refractivity contribution in [2.75, 3.05) is 0 Å². The molecule has 0 aliphatic heterocycles. The van der Waals surface area contributed by atoms with E-state index < -0.39 is 5.24 Å². The Morgan fingerprint density at radius 3 is 2.50 bits per heavy atom. The maximum absolute atomic E-state index is 10.7. The van der Waals surface area contributed by atoms with Gasteiger partial charge in [0.25, 0.3) is 0 Å². The van der Waals surface area contributed by atoms with Crippen LogP contribution in [-0.2, 0) is 4.79 Å². The third kappa shape index (κ3) is 2.71. The normalized spacial score (nSPS) is 11.6. The Labute approximate surface area is 89.4 Å². The summed E-state index contributed by atoms with van der Waals surface area (Å²) in [5.74, 6) is 0. The van der Waals surface area contributed by atoms with Gasteiger partial charge in [-0.1, -0.05) is 23.8 Å². The molecule has 0 atom stereocenters. The van der Waals surface area contributed by atoms with Crippen LogP contribution in [0.3, 0.4) is 0 Å². The lowest BCUT2D eigenvalue weighted by Crippen LogP contribution is -1.89. The van der Waals surface area contributed by atoms with Crippen molar-refractivity contribution in [2.24, 2.45) is 0 Å². The van der Waals surface area contributed by atoms with Gasteiger partial charge in [-0.3, -0.25) is 4.79 Å². The van der Waals surface area contributed by atoms with Gasteiger partial charge < -0.3 is 0 Å². The van der Waals surface area contributed by atoms with Crippen molar-refractivity contribution in [3.8, 4) is 0 Å². The number of aryl methyl sites for hydroxylation is 2. The highest BCUT2D eigenvalue weighted by Gasteiger charge is 2.01. The van der Waals surface area contributed by atoms with Crippen LogP contribution < -0.4 is 0 Å². The molecule has 1 aromatic rings. The van der Waals surface area contributed by atoms with Gasteiger partial charge in [-0.05, 0) is 49.1 Å². The summed E-state index contributed by atoms with van der Waals surface area (Å²) in [6, 6.07) is 6.13. The van der Waals surface area contributed by atoms with E-state index in [-0.39, 0.29) is 0 Å². The number of hydrogen-bond donors (Lipinski definition) is 0. The van der Waals surface area contributed by atoms with Crippen LogP contribution in [-0.4, -0.2) is 5.24 Å². The predicted octanol–water partition coefficient (Wildman–Crippen LogP) is 3.47. The molecule has 1 aromatic carbocycles. The SMILES string of the molecule is C/C(=C/C(=O)Cl)c1ccc(C)cc1C. The van der Waals surface area contributed by atoms with Crippen LogP contribution in [0.5, 0.6) is 0 Å². The van der Waals surface area contributed by atoms with Gasteiger partial charge >= 0.3 is 0 Å². The molecule has 0 aliphatic rings. The first-order chi connectivity index (χ1) is 6.50. The molecule has 0 bridgehead atoms. The molecule has 0 unspecified atom stereocenters. The van der Waals surface area contributed by atoms with Crippen LogP contribution >= 0.6 is 11.6 Å². The van der Waals surface area contributed by atoms with E-state index in [1.54, 1.807) is 0 Å². The zero-order valence-electron chi connectivity index (χ0n) is 8.60. The fourth-order valence-electron chi connectivity index (χ4n) is 1.50. The summed E-state index contributed by atoms with van der Waals surface area (Å²) in [7, 11) is 0. The summed E-state index contributed by atoms with van der Waals surface area (Å²) in [6.07, 6.45) is 1.44. The molecular formula is C12H13ClO. The van der Waals surface area contributed by atoms with Crippen molar-refractivity contribution in [3.05, 3.63) is 41.0 Å². The smallest absolute Gasteiger partial charge is 0.245 e. The van der Waals surface area contributed by atoms with Gasteiger partial charge in [0, 0.05) is 6.08 Å². The molecule has 0 saturated heterocycles. The summed E-state index contributed by atoms with van der Waals surface area (Å²) < 4.78 is 0. The van der Waals surface area contributed by atoms with Crippen molar-refractivity contribution in [1.29, 1.82) is 0 Å². The highest BCUT2D eigenvalue weighted by Crippen LogP contribution is 2.19. The lowest BCUT2D eigenvalue weighted by atomic mass is 10.00. The third-order valence-corrected chi connectivity index (χ3v) is 2.25. The van der Waals surface area contributed by atoms with Gasteiger partial charge in [0.05, 0.1) is 0 Å². The van der Waals surface area contributed by atoms with E-state index in [0.29, 0.717) is 0 Å². The van der Waals surface area contributed by atoms with Crippen molar-refractivity contribution < 1.29 is 4.79 Å². The maximum Gasteiger partial charge on any atom is 0.245 e. The summed E-state index contributed by atoms with van der Waals surface area (Å²) >= 11 is 5.29. The van der Waals surface area contributed by atoms with E-state index in [9.17, 15) is 4.79 Å². The van der Waals surface area contributed by atoms with E-state index in [0.717, 1.165) is 16.7 Å². The zero-order chi connectivity index (χ0) is 10.7. The fourth-order valence-corrected chi connectivity index (χ4v) is 1.67. The van der Waals surface area contributed by atoms with Crippen molar-refractivity contribution in [3.63, 3.8) is 0 Å². The van der Waals surface area contributed by atoms with Gasteiger partial charge in [-0.2, -0.15) is 0 Å². The fraction of sp³-hybridized carbons (Fsp3) is 0.250. The molecule has 74 valence electrons. The molecule has 0 aromatic heterocycles. The molecule has 0 fully saturated rings. The minimum absolute atomic E-state index is 0.428. The minimum atomic E-state index is -0.428. The Morgan fingerprint density at radius 1 is 1.36 bits per heavy atom. The minimum Gasteiger partial charge on any atom is -0.276 e. The molecule has 14 heavy (non-hydrogen) atoms. The van der Waals surface area contributed by atoms with Crippen LogP contribution in [0.4, 0.5) is 0 Å². The number of halogens is 1. The zero-order valence-corrected chi connectivity index (χ0v) is 9.35. The first kappa shape index (κ1) is 11.0. The Kier molecular flexibility index (Phi) is 3.48. The molecule has 0 aliphatic carbocycles. The molecule has 0 N–H and O–H groups in total. The second-order valence-electron chi connectivity index (χ2n) is 3.45. The molecule has 0 radical (unpaired) electrons. The Hall–Kier alpha value is -1.08. The maximum atomic E-state index is 10.7. The number of benzene rings is 1. The molecule has 2 heteroatoms. The van der Waals surface area contributed by atoms with E-state index in [1.165, 1.54) is 11.6 Å². The second-order valence-corrected chi connectivity index (χ2v) is 3.82. The van der Waals surface area contributed by atoms with Gasteiger partial charge in [0.2, 0.25) is 5.24 Å². The Balaban J connectivity index is 3.14. The lowest BCUT2D eigenvalue weighted by molar-refractivity contribution is -0.107. The van der Waals surface area contributed by atoms with Gasteiger partial charge in [0.15, 0.2) is 0 Å². The van der Waals surface area contributed by atoms with Crippen molar-refractivity contribution >= 4 is 22.4 Å².